The van der Waals surface area contributed by atoms with Crippen LogP contribution in [0, 0.1) is 0 Å². The number of carbonyl (C=O) groups excluding carboxylic acids is 1. The molecule has 2 aromatic carbocycles. The monoisotopic (exact) mass is 406 g/mol. The molecule has 0 bridgehead atoms. The van der Waals surface area contributed by atoms with Gasteiger partial charge in [-0.3, -0.25) is 4.79 Å². The average molecular weight is 407 g/mol. The van der Waals surface area contributed by atoms with Crippen molar-refractivity contribution in [3.05, 3.63) is 54.1 Å². The van der Waals surface area contributed by atoms with Crippen LogP contribution in [0.2, 0.25) is 0 Å². The minimum atomic E-state index is -3.66. The van der Waals surface area contributed by atoms with Crippen molar-refractivity contribution in [2.45, 2.75) is 24.8 Å². The van der Waals surface area contributed by atoms with Gasteiger partial charge in [0.1, 0.15) is 12.4 Å². The Morgan fingerprint density at radius 3 is 2.39 bits per heavy atom. The highest BCUT2D eigenvalue weighted by Crippen LogP contribution is 2.20. The highest BCUT2D eigenvalue weighted by atomic mass is 32.2. The number of nitrogens with one attached hydrogen (secondary N) is 1. The zero-order valence-corrected chi connectivity index (χ0v) is 17.3. The molecule has 28 heavy (non-hydrogen) atoms. The van der Waals surface area contributed by atoms with Gasteiger partial charge < -0.3 is 14.8 Å². The van der Waals surface area contributed by atoms with E-state index in [1.807, 2.05) is 0 Å². The molecule has 0 heterocycles. The number of anilines is 1. The van der Waals surface area contributed by atoms with E-state index in [0.29, 0.717) is 24.7 Å². The standard InChI is InChI=1S/C20H26N2O5S/c1-15(2)22(3)28(24,25)19-7-5-6-16(14-19)20(23)21-17-8-10-18(11-9-17)27-13-12-26-4/h5-11,14-15H,12-13H2,1-4H3,(H,21,23). The second kappa shape index (κ2) is 9.68. The van der Waals surface area contributed by atoms with Crippen LogP contribution < -0.4 is 10.1 Å². The van der Waals surface area contributed by atoms with Crippen molar-refractivity contribution < 1.29 is 22.7 Å². The Bertz CT molecular complexity index is 895. The molecule has 0 saturated carbocycles. The summed E-state index contributed by atoms with van der Waals surface area (Å²) in [5.74, 6) is 0.275. The first kappa shape index (κ1) is 21.9. The maximum absolute atomic E-state index is 12.6. The lowest BCUT2D eigenvalue weighted by Crippen LogP contribution is -2.33. The SMILES string of the molecule is COCCOc1ccc(NC(=O)c2cccc(S(=O)(=O)N(C)C(C)C)c2)cc1. The molecule has 0 radical (unpaired) electrons. The molecule has 1 N–H and O–H groups in total. The summed E-state index contributed by atoms with van der Waals surface area (Å²) in [7, 11) is -0.540. The highest BCUT2D eigenvalue weighted by Gasteiger charge is 2.23. The van der Waals surface area contributed by atoms with Crippen molar-refractivity contribution in [3.8, 4) is 5.75 Å². The number of ether oxygens (including phenoxy) is 2. The molecular weight excluding hydrogens is 380 g/mol. The summed E-state index contributed by atoms with van der Waals surface area (Å²) in [5.41, 5.74) is 0.843. The summed E-state index contributed by atoms with van der Waals surface area (Å²) in [4.78, 5) is 12.6. The molecule has 0 aliphatic heterocycles. The predicted molar refractivity (Wildman–Crippen MR) is 108 cm³/mol. The van der Waals surface area contributed by atoms with E-state index < -0.39 is 15.9 Å². The molecule has 0 aliphatic rings. The number of sulfonamides is 1. The fraction of sp³-hybridized carbons (Fsp3) is 0.350. The van der Waals surface area contributed by atoms with Crippen molar-refractivity contribution in [1.29, 1.82) is 0 Å². The van der Waals surface area contributed by atoms with Crippen molar-refractivity contribution in [1.82, 2.24) is 4.31 Å². The zero-order valence-electron chi connectivity index (χ0n) is 16.5. The van der Waals surface area contributed by atoms with E-state index in [9.17, 15) is 13.2 Å². The summed E-state index contributed by atoms with van der Waals surface area (Å²) in [5, 5.41) is 2.76. The van der Waals surface area contributed by atoms with Crippen LogP contribution in [-0.2, 0) is 14.8 Å². The molecule has 0 saturated heterocycles. The molecule has 0 unspecified atom stereocenters. The van der Waals surface area contributed by atoms with Crippen LogP contribution >= 0.6 is 0 Å². The summed E-state index contributed by atoms with van der Waals surface area (Å²) >= 11 is 0. The topological polar surface area (TPSA) is 84.9 Å². The smallest absolute Gasteiger partial charge is 0.255 e. The lowest BCUT2D eigenvalue weighted by Gasteiger charge is -2.21. The summed E-state index contributed by atoms with van der Waals surface area (Å²) in [6, 6.07) is 12.7. The maximum Gasteiger partial charge on any atom is 0.255 e. The Morgan fingerprint density at radius 2 is 1.79 bits per heavy atom. The molecule has 7 nitrogen and oxygen atoms in total. The average Bonchev–Trinajstić information content (AvgIpc) is 2.68. The molecule has 1 amide bonds. The van der Waals surface area contributed by atoms with Gasteiger partial charge in [-0.1, -0.05) is 6.07 Å². The number of hydrogen-bond donors (Lipinski definition) is 1. The van der Waals surface area contributed by atoms with Gasteiger partial charge in [-0.25, -0.2) is 8.42 Å². The first-order chi connectivity index (χ1) is 13.3. The van der Waals surface area contributed by atoms with Crippen LogP contribution in [0.1, 0.15) is 24.2 Å². The minimum absolute atomic E-state index is 0.0817. The van der Waals surface area contributed by atoms with E-state index in [0.717, 1.165) is 0 Å². The van der Waals surface area contributed by atoms with Crippen LogP contribution in [0.5, 0.6) is 5.75 Å². The Labute approximate surface area is 166 Å². The number of hydrogen-bond acceptors (Lipinski definition) is 5. The maximum atomic E-state index is 12.6. The van der Waals surface area contributed by atoms with Gasteiger partial charge in [0.15, 0.2) is 0 Å². The van der Waals surface area contributed by atoms with Crippen LogP contribution in [0.15, 0.2) is 53.4 Å². The Kier molecular flexibility index (Phi) is 7.56. The van der Waals surface area contributed by atoms with Gasteiger partial charge >= 0.3 is 0 Å². The van der Waals surface area contributed by atoms with Gasteiger partial charge in [0.25, 0.3) is 5.91 Å². The summed E-state index contributed by atoms with van der Waals surface area (Å²) in [6.07, 6.45) is 0. The van der Waals surface area contributed by atoms with E-state index in [4.69, 9.17) is 9.47 Å². The van der Waals surface area contributed by atoms with Crippen molar-refractivity contribution in [2.24, 2.45) is 0 Å². The van der Waals surface area contributed by atoms with Crippen LogP contribution in [0.4, 0.5) is 5.69 Å². The molecule has 0 atom stereocenters. The van der Waals surface area contributed by atoms with Crippen LogP contribution in [0.3, 0.4) is 0 Å². The first-order valence-corrected chi connectivity index (χ1v) is 10.3. The number of benzene rings is 2. The quantitative estimate of drug-likeness (QED) is 0.647. The largest absolute Gasteiger partial charge is 0.491 e. The predicted octanol–water partition coefficient (Wildman–Crippen LogP) is 2.99. The van der Waals surface area contributed by atoms with Gasteiger partial charge in [0.05, 0.1) is 11.5 Å². The zero-order chi connectivity index (χ0) is 20.7. The molecule has 0 spiro atoms. The third-order valence-electron chi connectivity index (χ3n) is 4.17. The normalized spacial score (nSPS) is 11.6. The van der Waals surface area contributed by atoms with E-state index in [1.165, 1.54) is 23.5 Å². The number of nitrogens with zero attached hydrogens (tertiary/aromatic N) is 1. The third kappa shape index (κ3) is 5.54. The van der Waals surface area contributed by atoms with E-state index in [1.54, 1.807) is 57.4 Å². The molecule has 152 valence electrons. The molecule has 2 aromatic rings. The van der Waals surface area contributed by atoms with Gasteiger partial charge in [-0.15, -0.1) is 0 Å². The number of carbonyl (C=O) groups is 1. The van der Waals surface area contributed by atoms with Gasteiger partial charge in [0, 0.05) is 31.5 Å². The van der Waals surface area contributed by atoms with Crippen LogP contribution in [0.25, 0.3) is 0 Å². The fourth-order valence-corrected chi connectivity index (χ4v) is 3.74. The first-order valence-electron chi connectivity index (χ1n) is 8.87. The Morgan fingerprint density at radius 1 is 1.11 bits per heavy atom. The number of rotatable bonds is 9. The third-order valence-corrected chi connectivity index (χ3v) is 6.20. The molecule has 8 heteroatoms. The Hall–Kier alpha value is -2.42. The molecule has 0 aliphatic carbocycles. The lowest BCUT2D eigenvalue weighted by atomic mass is 10.2. The molecular formula is C20H26N2O5S. The van der Waals surface area contributed by atoms with Crippen molar-refractivity contribution >= 4 is 21.6 Å². The van der Waals surface area contributed by atoms with Gasteiger partial charge in [0.2, 0.25) is 10.0 Å². The van der Waals surface area contributed by atoms with Crippen LogP contribution in [-0.4, -0.2) is 52.0 Å². The number of amides is 1. The molecule has 0 fully saturated rings. The molecule has 2 rings (SSSR count). The Balaban J connectivity index is 2.11. The van der Waals surface area contributed by atoms with Crippen molar-refractivity contribution in [2.75, 3.05) is 32.7 Å². The summed E-state index contributed by atoms with van der Waals surface area (Å²) in [6.45, 7) is 4.51. The van der Waals surface area contributed by atoms with Gasteiger partial charge in [-0.2, -0.15) is 4.31 Å². The van der Waals surface area contributed by atoms with E-state index in [2.05, 4.69) is 5.32 Å². The highest BCUT2D eigenvalue weighted by molar-refractivity contribution is 7.89. The van der Waals surface area contributed by atoms with E-state index >= 15 is 0 Å². The number of methoxy groups -OCH3 is 1. The molecule has 0 aromatic heterocycles. The second-order valence-electron chi connectivity index (χ2n) is 6.46. The van der Waals surface area contributed by atoms with Gasteiger partial charge in [-0.05, 0) is 56.3 Å². The summed E-state index contributed by atoms with van der Waals surface area (Å²) < 4.78 is 36.9. The van der Waals surface area contributed by atoms with E-state index in [-0.39, 0.29) is 16.5 Å². The fourth-order valence-electron chi connectivity index (χ4n) is 2.32. The lowest BCUT2D eigenvalue weighted by molar-refractivity contribution is 0.102. The minimum Gasteiger partial charge on any atom is -0.491 e. The second-order valence-corrected chi connectivity index (χ2v) is 8.46. The van der Waals surface area contributed by atoms with Crippen molar-refractivity contribution in [3.63, 3.8) is 0 Å².